The van der Waals surface area contributed by atoms with Gasteiger partial charge in [0.1, 0.15) is 0 Å². The molecular formula is C17H23N3O5S2. The van der Waals surface area contributed by atoms with Crippen molar-refractivity contribution in [2.75, 3.05) is 18.1 Å². The van der Waals surface area contributed by atoms with Gasteiger partial charge in [0.25, 0.3) is 5.91 Å². The molecule has 1 aromatic heterocycles. The predicted octanol–water partition coefficient (Wildman–Crippen LogP) is 0.416. The van der Waals surface area contributed by atoms with Crippen LogP contribution in [0, 0.1) is 12.8 Å². The number of hydrogen-bond donors (Lipinski definition) is 2. The number of likely N-dealkylation sites (tertiary alicyclic amines) is 1. The summed E-state index contributed by atoms with van der Waals surface area (Å²) in [7, 11) is -3.10. The van der Waals surface area contributed by atoms with E-state index in [4.69, 9.17) is 0 Å². The molecular weight excluding hydrogens is 390 g/mol. The van der Waals surface area contributed by atoms with Gasteiger partial charge in [-0.15, -0.1) is 11.3 Å². The van der Waals surface area contributed by atoms with Crippen LogP contribution in [0.2, 0.25) is 0 Å². The fraction of sp³-hybridized carbons (Fsp3) is 0.588. The first-order valence-electron chi connectivity index (χ1n) is 8.89. The molecule has 2 N–H and O–H groups in total. The quantitative estimate of drug-likeness (QED) is 0.695. The lowest BCUT2D eigenvalue weighted by Gasteiger charge is -2.22. The third kappa shape index (κ3) is 4.32. The number of hydrazine groups is 1. The zero-order valence-electron chi connectivity index (χ0n) is 15.3. The monoisotopic (exact) mass is 413 g/mol. The van der Waals surface area contributed by atoms with Gasteiger partial charge in [0, 0.05) is 23.9 Å². The summed E-state index contributed by atoms with van der Waals surface area (Å²) in [4.78, 5) is 39.8. The number of aryl methyl sites for hydroxylation is 2. The summed E-state index contributed by atoms with van der Waals surface area (Å²) in [6.07, 6.45) is 1.28. The Kier molecular flexibility index (Phi) is 5.57. The lowest BCUT2D eigenvalue weighted by atomic mass is 10.1. The van der Waals surface area contributed by atoms with E-state index in [0.29, 0.717) is 11.3 Å². The molecule has 3 rings (SSSR count). The summed E-state index contributed by atoms with van der Waals surface area (Å²) >= 11 is 1.39. The molecule has 2 unspecified atom stereocenters. The molecule has 8 nitrogen and oxygen atoms in total. The highest BCUT2D eigenvalue weighted by atomic mass is 32.2. The normalized spacial score (nSPS) is 24.2. The predicted molar refractivity (Wildman–Crippen MR) is 101 cm³/mol. The van der Waals surface area contributed by atoms with Crippen molar-refractivity contribution in [3.63, 3.8) is 0 Å². The van der Waals surface area contributed by atoms with Crippen LogP contribution in [-0.2, 0) is 25.8 Å². The second kappa shape index (κ2) is 7.59. The first-order valence-corrected chi connectivity index (χ1v) is 11.5. The fourth-order valence-electron chi connectivity index (χ4n) is 3.55. The highest BCUT2D eigenvalue weighted by Gasteiger charge is 2.42. The van der Waals surface area contributed by atoms with Gasteiger partial charge in [-0.25, -0.2) is 8.42 Å². The Morgan fingerprint density at radius 3 is 2.67 bits per heavy atom. The van der Waals surface area contributed by atoms with Crippen molar-refractivity contribution in [3.05, 3.63) is 21.4 Å². The van der Waals surface area contributed by atoms with Crippen LogP contribution >= 0.6 is 11.3 Å². The maximum absolute atomic E-state index is 12.3. The minimum Gasteiger partial charge on any atom is -0.338 e. The molecule has 148 valence electrons. The first-order chi connectivity index (χ1) is 12.7. The summed E-state index contributed by atoms with van der Waals surface area (Å²) in [5.74, 6) is -1.61. The molecule has 0 radical (unpaired) electrons. The molecule has 2 saturated heterocycles. The Bertz CT molecular complexity index is 877. The Morgan fingerprint density at radius 1 is 1.33 bits per heavy atom. The molecule has 2 aliphatic heterocycles. The van der Waals surface area contributed by atoms with Crippen molar-refractivity contribution < 1.29 is 22.8 Å². The number of thiophene rings is 1. The van der Waals surface area contributed by atoms with Gasteiger partial charge in [-0.05, 0) is 31.4 Å². The average Bonchev–Trinajstić information content (AvgIpc) is 3.28. The average molecular weight is 414 g/mol. The summed E-state index contributed by atoms with van der Waals surface area (Å²) in [6, 6.07) is 1.43. The van der Waals surface area contributed by atoms with Gasteiger partial charge in [0.05, 0.1) is 22.3 Å². The molecule has 0 aliphatic carbocycles. The highest BCUT2D eigenvalue weighted by molar-refractivity contribution is 7.91. The zero-order valence-corrected chi connectivity index (χ0v) is 16.9. The van der Waals surface area contributed by atoms with Crippen LogP contribution in [0.3, 0.4) is 0 Å². The molecule has 3 amide bonds. The molecule has 10 heteroatoms. The SMILES string of the molecule is CCc1sc(C(=O)NNC(=O)C2CC(=O)N(C3CCS(=O)(=O)C3)C2)cc1C. The lowest BCUT2D eigenvalue weighted by molar-refractivity contribution is -0.130. The number of rotatable bonds is 4. The third-order valence-electron chi connectivity index (χ3n) is 5.04. The highest BCUT2D eigenvalue weighted by Crippen LogP contribution is 2.26. The summed E-state index contributed by atoms with van der Waals surface area (Å²) in [5, 5.41) is 0. The van der Waals surface area contributed by atoms with Crippen LogP contribution in [0.1, 0.15) is 39.9 Å². The van der Waals surface area contributed by atoms with Crippen LogP contribution in [0.5, 0.6) is 0 Å². The maximum atomic E-state index is 12.3. The number of carbonyl (C=O) groups is 3. The largest absolute Gasteiger partial charge is 0.338 e. The van der Waals surface area contributed by atoms with Crippen LogP contribution in [0.25, 0.3) is 0 Å². The van der Waals surface area contributed by atoms with Crippen molar-refractivity contribution in [2.45, 2.75) is 39.2 Å². The molecule has 0 saturated carbocycles. The van der Waals surface area contributed by atoms with E-state index in [0.717, 1.165) is 16.9 Å². The second-order valence-corrected chi connectivity index (χ2v) is 10.4. The Morgan fingerprint density at radius 2 is 2.07 bits per heavy atom. The number of nitrogens with one attached hydrogen (secondary N) is 2. The topological polar surface area (TPSA) is 113 Å². The van der Waals surface area contributed by atoms with E-state index < -0.39 is 21.7 Å². The van der Waals surface area contributed by atoms with Gasteiger partial charge in [-0.3, -0.25) is 25.2 Å². The number of sulfone groups is 1. The summed E-state index contributed by atoms with van der Waals surface area (Å²) < 4.78 is 23.2. The van der Waals surface area contributed by atoms with Crippen molar-refractivity contribution in [1.82, 2.24) is 15.8 Å². The molecule has 0 spiro atoms. The molecule has 0 aromatic carbocycles. The summed E-state index contributed by atoms with van der Waals surface area (Å²) in [5.41, 5.74) is 5.83. The van der Waals surface area contributed by atoms with Gasteiger partial charge < -0.3 is 4.90 Å². The van der Waals surface area contributed by atoms with E-state index in [2.05, 4.69) is 10.9 Å². The van der Waals surface area contributed by atoms with Crippen LogP contribution < -0.4 is 10.9 Å². The Hall–Kier alpha value is -1.94. The molecule has 1 aromatic rings. The first kappa shape index (κ1) is 19.8. The summed E-state index contributed by atoms with van der Waals surface area (Å²) in [6.45, 7) is 4.13. The smallest absolute Gasteiger partial charge is 0.279 e. The number of carbonyl (C=O) groups excluding carboxylic acids is 3. The molecule has 2 aliphatic rings. The van der Waals surface area contributed by atoms with Crippen LogP contribution in [0.4, 0.5) is 0 Å². The van der Waals surface area contributed by atoms with E-state index in [1.807, 2.05) is 13.8 Å². The minimum absolute atomic E-state index is 0.0242. The van der Waals surface area contributed by atoms with Crippen molar-refractivity contribution in [1.29, 1.82) is 0 Å². The van der Waals surface area contributed by atoms with E-state index in [-0.39, 0.29) is 42.3 Å². The Labute approximate surface area is 162 Å². The minimum atomic E-state index is -3.10. The Balaban J connectivity index is 1.54. The van der Waals surface area contributed by atoms with Gasteiger partial charge in [0.15, 0.2) is 9.84 Å². The molecule has 3 heterocycles. The lowest BCUT2D eigenvalue weighted by Crippen LogP contribution is -2.45. The molecule has 2 fully saturated rings. The van der Waals surface area contributed by atoms with Crippen molar-refractivity contribution in [3.8, 4) is 0 Å². The van der Waals surface area contributed by atoms with Crippen LogP contribution in [0.15, 0.2) is 6.07 Å². The second-order valence-electron chi connectivity index (χ2n) is 7.02. The standard InChI is InChI=1S/C17H23N3O5S2/c1-3-13-10(2)6-14(26-13)17(23)19-18-16(22)11-7-15(21)20(8-11)12-4-5-27(24,25)9-12/h6,11-12H,3-5,7-9H2,1-2H3,(H,18,22)(H,19,23). The molecule has 2 atom stereocenters. The van der Waals surface area contributed by atoms with Gasteiger partial charge in [0.2, 0.25) is 11.8 Å². The number of hydrogen-bond acceptors (Lipinski definition) is 6. The van der Waals surface area contributed by atoms with E-state index in [1.165, 1.54) is 16.2 Å². The van der Waals surface area contributed by atoms with E-state index >= 15 is 0 Å². The van der Waals surface area contributed by atoms with Crippen LogP contribution in [-0.4, -0.2) is 55.1 Å². The number of amides is 3. The van der Waals surface area contributed by atoms with Crippen molar-refractivity contribution in [2.24, 2.45) is 5.92 Å². The molecule has 0 bridgehead atoms. The van der Waals surface area contributed by atoms with E-state index in [9.17, 15) is 22.8 Å². The maximum Gasteiger partial charge on any atom is 0.279 e. The van der Waals surface area contributed by atoms with Crippen molar-refractivity contribution >= 4 is 38.9 Å². The molecule has 27 heavy (non-hydrogen) atoms. The van der Waals surface area contributed by atoms with E-state index in [1.54, 1.807) is 6.07 Å². The van der Waals surface area contributed by atoms with Gasteiger partial charge in [-0.2, -0.15) is 0 Å². The zero-order chi connectivity index (χ0) is 19.8. The third-order valence-corrected chi connectivity index (χ3v) is 8.17. The fourth-order valence-corrected chi connectivity index (χ4v) is 6.29. The van der Waals surface area contributed by atoms with Gasteiger partial charge >= 0.3 is 0 Å². The van der Waals surface area contributed by atoms with Gasteiger partial charge in [-0.1, -0.05) is 6.92 Å². The number of nitrogens with zero attached hydrogens (tertiary/aromatic N) is 1.